The monoisotopic (exact) mass is 284 g/mol. The summed E-state index contributed by atoms with van der Waals surface area (Å²) >= 11 is 0. The van der Waals surface area contributed by atoms with Gasteiger partial charge in [0.2, 0.25) is 5.91 Å². The molecule has 110 valence electrons. The summed E-state index contributed by atoms with van der Waals surface area (Å²) < 4.78 is 5.59. The summed E-state index contributed by atoms with van der Waals surface area (Å²) in [6.07, 6.45) is 2.30. The molecule has 3 N–H and O–H groups in total. The molecule has 1 aliphatic heterocycles. The number of fused-ring (bicyclic) bond motifs is 1. The second-order valence-electron chi connectivity index (χ2n) is 5.45. The van der Waals surface area contributed by atoms with Crippen LogP contribution in [0.25, 0.3) is 10.8 Å². The lowest BCUT2D eigenvalue weighted by molar-refractivity contribution is -0.120. The zero-order chi connectivity index (χ0) is 14.7. The number of hydrogen-bond donors (Lipinski definition) is 2. The molecule has 4 nitrogen and oxygen atoms in total. The molecule has 0 spiro atoms. The van der Waals surface area contributed by atoms with Crippen molar-refractivity contribution in [3.05, 3.63) is 48.0 Å². The fourth-order valence-corrected chi connectivity index (χ4v) is 2.92. The third kappa shape index (κ3) is 3.06. The molecular weight excluding hydrogens is 264 g/mol. The van der Waals surface area contributed by atoms with Crippen LogP contribution >= 0.6 is 0 Å². The van der Waals surface area contributed by atoms with E-state index in [1.807, 2.05) is 42.5 Å². The molecule has 0 aromatic heterocycles. The summed E-state index contributed by atoms with van der Waals surface area (Å²) in [7, 11) is 0. The van der Waals surface area contributed by atoms with Gasteiger partial charge in [-0.25, -0.2) is 0 Å². The molecule has 1 heterocycles. The molecule has 1 saturated heterocycles. The topological polar surface area (TPSA) is 64.4 Å². The van der Waals surface area contributed by atoms with E-state index >= 15 is 0 Å². The standard InChI is InChI=1S/C17H20N2O2/c18-17(20)16(19-11-13-7-4-10-21-13)15-9-3-6-12-5-1-2-8-14(12)15/h1-3,5-6,8-9,13,16,19H,4,7,10-11H2,(H2,18,20). The van der Waals surface area contributed by atoms with E-state index < -0.39 is 6.04 Å². The maximum Gasteiger partial charge on any atom is 0.239 e. The molecule has 2 unspecified atom stereocenters. The van der Waals surface area contributed by atoms with Crippen LogP contribution in [-0.2, 0) is 9.53 Å². The third-order valence-corrected chi connectivity index (χ3v) is 3.99. The highest BCUT2D eigenvalue weighted by molar-refractivity contribution is 5.92. The van der Waals surface area contributed by atoms with E-state index in [-0.39, 0.29) is 12.0 Å². The van der Waals surface area contributed by atoms with Gasteiger partial charge in [0.1, 0.15) is 6.04 Å². The molecule has 0 saturated carbocycles. The minimum Gasteiger partial charge on any atom is -0.377 e. The fraction of sp³-hybridized carbons (Fsp3) is 0.353. The SMILES string of the molecule is NC(=O)C(NCC1CCCO1)c1cccc2ccccc12. The van der Waals surface area contributed by atoms with Crippen molar-refractivity contribution in [3.63, 3.8) is 0 Å². The Kier molecular flexibility index (Phi) is 4.18. The lowest BCUT2D eigenvalue weighted by atomic mass is 9.98. The first kappa shape index (κ1) is 14.0. The normalized spacial score (nSPS) is 19.7. The van der Waals surface area contributed by atoms with E-state index in [9.17, 15) is 4.79 Å². The minimum atomic E-state index is -0.486. The Morgan fingerprint density at radius 3 is 2.86 bits per heavy atom. The Morgan fingerprint density at radius 1 is 1.29 bits per heavy atom. The molecule has 4 heteroatoms. The smallest absolute Gasteiger partial charge is 0.239 e. The number of amides is 1. The van der Waals surface area contributed by atoms with Crippen LogP contribution in [0.4, 0.5) is 0 Å². The molecule has 2 aromatic rings. The van der Waals surface area contributed by atoms with Crippen molar-refractivity contribution in [2.24, 2.45) is 5.73 Å². The number of rotatable bonds is 5. The van der Waals surface area contributed by atoms with Gasteiger partial charge in [0.15, 0.2) is 0 Å². The second kappa shape index (κ2) is 6.24. The summed E-state index contributed by atoms with van der Waals surface area (Å²) in [4.78, 5) is 11.9. The highest BCUT2D eigenvalue weighted by atomic mass is 16.5. The van der Waals surface area contributed by atoms with Crippen molar-refractivity contribution in [2.75, 3.05) is 13.2 Å². The first-order valence-electron chi connectivity index (χ1n) is 7.37. The van der Waals surface area contributed by atoms with Gasteiger partial charge < -0.3 is 10.5 Å². The number of nitrogens with two attached hydrogens (primary N) is 1. The van der Waals surface area contributed by atoms with Crippen molar-refractivity contribution in [1.29, 1.82) is 0 Å². The van der Waals surface area contributed by atoms with Gasteiger partial charge in [-0.1, -0.05) is 42.5 Å². The number of primary amides is 1. The van der Waals surface area contributed by atoms with Crippen molar-refractivity contribution < 1.29 is 9.53 Å². The van der Waals surface area contributed by atoms with Crippen LogP contribution in [0.15, 0.2) is 42.5 Å². The Hall–Kier alpha value is -1.91. The third-order valence-electron chi connectivity index (χ3n) is 3.99. The van der Waals surface area contributed by atoms with E-state index in [1.165, 1.54) is 0 Å². The summed E-state index contributed by atoms with van der Waals surface area (Å²) in [5, 5.41) is 5.44. The van der Waals surface area contributed by atoms with E-state index in [0.29, 0.717) is 6.54 Å². The quantitative estimate of drug-likeness (QED) is 0.884. The van der Waals surface area contributed by atoms with Gasteiger partial charge in [-0.3, -0.25) is 10.1 Å². The zero-order valence-corrected chi connectivity index (χ0v) is 11.9. The van der Waals surface area contributed by atoms with Crippen LogP contribution in [0, 0.1) is 0 Å². The van der Waals surface area contributed by atoms with Crippen molar-refractivity contribution in [3.8, 4) is 0 Å². The molecule has 0 bridgehead atoms. The Labute approximate surface area is 124 Å². The summed E-state index contributed by atoms with van der Waals surface area (Å²) in [6.45, 7) is 1.46. The molecule has 1 fully saturated rings. The van der Waals surface area contributed by atoms with Gasteiger partial charge in [0.25, 0.3) is 0 Å². The minimum absolute atomic E-state index is 0.182. The molecule has 2 atom stereocenters. The molecule has 2 aromatic carbocycles. The number of nitrogens with one attached hydrogen (secondary N) is 1. The molecule has 0 radical (unpaired) electrons. The van der Waals surface area contributed by atoms with Crippen LogP contribution in [0.1, 0.15) is 24.4 Å². The van der Waals surface area contributed by atoms with Gasteiger partial charge in [-0.05, 0) is 29.2 Å². The fourth-order valence-electron chi connectivity index (χ4n) is 2.92. The van der Waals surface area contributed by atoms with Crippen molar-refractivity contribution in [2.45, 2.75) is 25.0 Å². The van der Waals surface area contributed by atoms with E-state index in [4.69, 9.17) is 10.5 Å². The number of ether oxygens (including phenoxy) is 1. The molecule has 1 amide bonds. The summed E-state index contributed by atoms with van der Waals surface area (Å²) in [5.74, 6) is -0.357. The van der Waals surface area contributed by atoms with Crippen LogP contribution in [0.3, 0.4) is 0 Å². The lowest BCUT2D eigenvalue weighted by Crippen LogP contribution is -2.37. The van der Waals surface area contributed by atoms with Crippen molar-refractivity contribution >= 4 is 16.7 Å². The molecular formula is C17H20N2O2. The molecule has 0 aliphatic carbocycles. The molecule has 3 rings (SSSR count). The van der Waals surface area contributed by atoms with Gasteiger partial charge in [0.05, 0.1) is 6.10 Å². The van der Waals surface area contributed by atoms with Crippen LogP contribution in [-0.4, -0.2) is 25.2 Å². The number of carbonyl (C=O) groups excluding carboxylic acids is 1. The Bertz CT molecular complexity index is 630. The molecule has 1 aliphatic rings. The van der Waals surface area contributed by atoms with E-state index in [2.05, 4.69) is 5.32 Å². The maximum atomic E-state index is 11.9. The second-order valence-corrected chi connectivity index (χ2v) is 5.45. The van der Waals surface area contributed by atoms with E-state index in [0.717, 1.165) is 35.8 Å². The van der Waals surface area contributed by atoms with Gasteiger partial charge in [-0.2, -0.15) is 0 Å². The highest BCUT2D eigenvalue weighted by Crippen LogP contribution is 2.24. The zero-order valence-electron chi connectivity index (χ0n) is 11.9. The van der Waals surface area contributed by atoms with Crippen LogP contribution < -0.4 is 11.1 Å². The Balaban J connectivity index is 1.86. The Morgan fingerprint density at radius 2 is 2.10 bits per heavy atom. The lowest BCUT2D eigenvalue weighted by Gasteiger charge is -2.20. The number of benzene rings is 2. The number of hydrogen-bond acceptors (Lipinski definition) is 3. The first-order chi connectivity index (χ1) is 10.3. The summed E-state index contributed by atoms with van der Waals surface area (Å²) in [5.41, 5.74) is 6.53. The average Bonchev–Trinajstić information content (AvgIpc) is 3.01. The van der Waals surface area contributed by atoms with Crippen molar-refractivity contribution in [1.82, 2.24) is 5.32 Å². The average molecular weight is 284 g/mol. The molecule has 21 heavy (non-hydrogen) atoms. The first-order valence-corrected chi connectivity index (χ1v) is 7.37. The highest BCUT2D eigenvalue weighted by Gasteiger charge is 2.22. The largest absolute Gasteiger partial charge is 0.377 e. The van der Waals surface area contributed by atoms with E-state index in [1.54, 1.807) is 0 Å². The predicted molar refractivity (Wildman–Crippen MR) is 82.9 cm³/mol. The summed E-state index contributed by atoms with van der Waals surface area (Å²) in [6, 6.07) is 13.5. The van der Waals surface area contributed by atoms with Gasteiger partial charge in [0, 0.05) is 13.2 Å². The van der Waals surface area contributed by atoms with Gasteiger partial charge in [-0.15, -0.1) is 0 Å². The number of carbonyl (C=O) groups is 1. The predicted octanol–water partition coefficient (Wildman–Crippen LogP) is 2.13. The van der Waals surface area contributed by atoms with Crippen LogP contribution in [0.5, 0.6) is 0 Å². The maximum absolute atomic E-state index is 11.9. The van der Waals surface area contributed by atoms with Gasteiger partial charge >= 0.3 is 0 Å². The van der Waals surface area contributed by atoms with Crippen LogP contribution in [0.2, 0.25) is 0 Å².